The molecule has 84 valence electrons. The lowest BCUT2D eigenvalue weighted by molar-refractivity contribution is 0.00742. The number of carbonyl (C=O) groups is 1. The van der Waals surface area contributed by atoms with Crippen molar-refractivity contribution in [3.8, 4) is 0 Å². The fraction of sp³-hybridized carbons (Fsp3) is 0.545. The van der Waals surface area contributed by atoms with Gasteiger partial charge in [-0.05, 0) is 50.7 Å². The second kappa shape index (κ2) is 4.77. The summed E-state index contributed by atoms with van der Waals surface area (Å²) in [6.07, 6.45) is 0.720. The molecule has 0 aliphatic rings. The Morgan fingerprint density at radius 3 is 2.73 bits per heavy atom. The van der Waals surface area contributed by atoms with E-state index < -0.39 is 5.60 Å². The van der Waals surface area contributed by atoms with Crippen LogP contribution >= 0.6 is 11.3 Å². The van der Waals surface area contributed by atoms with Gasteiger partial charge < -0.3 is 10.5 Å². The summed E-state index contributed by atoms with van der Waals surface area (Å²) in [5.74, 6) is -0.249. The molecule has 1 heterocycles. The number of rotatable bonds is 3. The zero-order chi connectivity index (χ0) is 11.5. The summed E-state index contributed by atoms with van der Waals surface area (Å²) in [6.45, 7) is 6.13. The lowest BCUT2D eigenvalue weighted by Gasteiger charge is -2.19. The minimum absolute atomic E-state index is 0.249. The third-order valence-corrected chi connectivity index (χ3v) is 2.68. The molecule has 0 unspecified atom stereocenters. The minimum Gasteiger partial charge on any atom is -0.456 e. The van der Waals surface area contributed by atoms with Crippen molar-refractivity contribution in [2.45, 2.75) is 32.8 Å². The average Bonchev–Trinajstić information content (AvgIpc) is 2.49. The summed E-state index contributed by atoms with van der Waals surface area (Å²) in [5.41, 5.74) is 6.01. The second-order valence-electron chi connectivity index (χ2n) is 4.32. The van der Waals surface area contributed by atoms with Gasteiger partial charge in [0.25, 0.3) is 0 Å². The van der Waals surface area contributed by atoms with E-state index in [4.69, 9.17) is 10.5 Å². The Morgan fingerprint density at radius 1 is 1.53 bits per heavy atom. The van der Waals surface area contributed by atoms with E-state index in [-0.39, 0.29) is 5.97 Å². The third-order valence-electron chi connectivity index (χ3n) is 1.74. The first-order valence-electron chi connectivity index (χ1n) is 4.94. The molecule has 0 aliphatic heterocycles. The first-order valence-corrected chi connectivity index (χ1v) is 5.82. The van der Waals surface area contributed by atoms with Crippen LogP contribution in [-0.4, -0.2) is 18.1 Å². The SMILES string of the molecule is CC(C)(C)OC(=O)c1sccc1CCN. The molecule has 4 heteroatoms. The number of carbonyl (C=O) groups excluding carboxylic acids is 1. The van der Waals surface area contributed by atoms with E-state index in [0.717, 1.165) is 12.0 Å². The van der Waals surface area contributed by atoms with Crippen LogP contribution < -0.4 is 5.73 Å². The first kappa shape index (κ1) is 12.2. The van der Waals surface area contributed by atoms with E-state index in [2.05, 4.69) is 0 Å². The summed E-state index contributed by atoms with van der Waals surface area (Å²) < 4.78 is 5.30. The van der Waals surface area contributed by atoms with Gasteiger partial charge in [-0.25, -0.2) is 4.79 Å². The monoisotopic (exact) mass is 227 g/mol. The van der Waals surface area contributed by atoms with Crippen molar-refractivity contribution < 1.29 is 9.53 Å². The van der Waals surface area contributed by atoms with Gasteiger partial charge >= 0.3 is 5.97 Å². The Balaban J connectivity index is 2.77. The Morgan fingerprint density at radius 2 is 2.20 bits per heavy atom. The number of esters is 1. The normalized spacial score (nSPS) is 11.5. The predicted molar refractivity (Wildman–Crippen MR) is 62.2 cm³/mol. The Labute approximate surface area is 94.2 Å². The Bertz CT molecular complexity index is 339. The quantitative estimate of drug-likeness (QED) is 0.805. The van der Waals surface area contributed by atoms with Crippen molar-refractivity contribution in [1.29, 1.82) is 0 Å². The molecule has 0 aliphatic carbocycles. The number of thiophene rings is 1. The van der Waals surface area contributed by atoms with E-state index in [1.54, 1.807) is 0 Å². The van der Waals surface area contributed by atoms with E-state index in [9.17, 15) is 4.79 Å². The molecule has 1 aromatic rings. The van der Waals surface area contributed by atoms with Crippen LogP contribution in [0.2, 0.25) is 0 Å². The lowest BCUT2D eigenvalue weighted by Crippen LogP contribution is -2.24. The molecule has 0 atom stereocenters. The van der Waals surface area contributed by atoms with Crippen LogP contribution in [0.25, 0.3) is 0 Å². The molecule has 1 aromatic heterocycles. The predicted octanol–water partition coefficient (Wildman–Crippen LogP) is 2.20. The molecule has 0 radical (unpaired) electrons. The van der Waals surface area contributed by atoms with Gasteiger partial charge in [0.2, 0.25) is 0 Å². The molecule has 0 spiro atoms. The minimum atomic E-state index is -0.443. The molecule has 2 N–H and O–H groups in total. The molecule has 0 saturated carbocycles. The molecular weight excluding hydrogens is 210 g/mol. The van der Waals surface area contributed by atoms with Crippen molar-refractivity contribution in [1.82, 2.24) is 0 Å². The highest BCUT2D eigenvalue weighted by Gasteiger charge is 2.20. The highest BCUT2D eigenvalue weighted by molar-refractivity contribution is 7.12. The molecule has 15 heavy (non-hydrogen) atoms. The fourth-order valence-electron chi connectivity index (χ4n) is 1.19. The zero-order valence-corrected chi connectivity index (χ0v) is 10.2. The highest BCUT2D eigenvalue weighted by atomic mass is 32.1. The van der Waals surface area contributed by atoms with Crippen LogP contribution in [-0.2, 0) is 11.2 Å². The van der Waals surface area contributed by atoms with Gasteiger partial charge in [-0.3, -0.25) is 0 Å². The molecule has 0 amide bonds. The summed E-state index contributed by atoms with van der Waals surface area (Å²) >= 11 is 1.41. The first-order chi connectivity index (χ1) is 6.94. The van der Waals surface area contributed by atoms with Crippen LogP contribution in [0.1, 0.15) is 36.0 Å². The third kappa shape index (κ3) is 3.64. The van der Waals surface area contributed by atoms with Gasteiger partial charge in [0, 0.05) is 0 Å². The number of hydrogen-bond acceptors (Lipinski definition) is 4. The maximum absolute atomic E-state index is 11.8. The van der Waals surface area contributed by atoms with Gasteiger partial charge in [0.1, 0.15) is 10.5 Å². The summed E-state index contributed by atoms with van der Waals surface area (Å²) in [6, 6.07) is 1.93. The van der Waals surface area contributed by atoms with E-state index >= 15 is 0 Å². The van der Waals surface area contributed by atoms with Crippen LogP contribution in [0.3, 0.4) is 0 Å². The van der Waals surface area contributed by atoms with Crippen molar-refractivity contribution in [3.05, 3.63) is 21.9 Å². The molecule has 0 aromatic carbocycles. The summed E-state index contributed by atoms with van der Waals surface area (Å²) in [7, 11) is 0. The smallest absolute Gasteiger partial charge is 0.349 e. The molecule has 1 rings (SSSR count). The molecule has 0 bridgehead atoms. The topological polar surface area (TPSA) is 52.3 Å². The van der Waals surface area contributed by atoms with Crippen molar-refractivity contribution in [2.24, 2.45) is 5.73 Å². The largest absolute Gasteiger partial charge is 0.456 e. The Kier molecular flexibility index (Phi) is 3.88. The maximum atomic E-state index is 11.8. The molecular formula is C11H17NO2S. The molecule has 0 fully saturated rings. The average molecular weight is 227 g/mol. The maximum Gasteiger partial charge on any atom is 0.349 e. The number of nitrogens with two attached hydrogens (primary N) is 1. The van der Waals surface area contributed by atoms with Crippen LogP contribution in [0.5, 0.6) is 0 Å². The van der Waals surface area contributed by atoms with E-state index in [1.165, 1.54) is 11.3 Å². The Hall–Kier alpha value is -0.870. The van der Waals surface area contributed by atoms with E-state index in [1.807, 2.05) is 32.2 Å². The summed E-state index contributed by atoms with van der Waals surface area (Å²) in [5, 5.41) is 1.89. The van der Waals surface area contributed by atoms with Gasteiger partial charge in [-0.1, -0.05) is 0 Å². The number of hydrogen-bond donors (Lipinski definition) is 1. The van der Waals surface area contributed by atoms with Crippen LogP contribution in [0.15, 0.2) is 11.4 Å². The van der Waals surface area contributed by atoms with Gasteiger partial charge in [-0.15, -0.1) is 11.3 Å². The zero-order valence-electron chi connectivity index (χ0n) is 9.37. The van der Waals surface area contributed by atoms with Gasteiger partial charge in [0.05, 0.1) is 0 Å². The van der Waals surface area contributed by atoms with E-state index in [0.29, 0.717) is 11.4 Å². The van der Waals surface area contributed by atoms with Crippen LogP contribution in [0, 0.1) is 0 Å². The molecule has 3 nitrogen and oxygen atoms in total. The fourth-order valence-corrected chi connectivity index (χ4v) is 2.02. The van der Waals surface area contributed by atoms with Crippen LogP contribution in [0.4, 0.5) is 0 Å². The van der Waals surface area contributed by atoms with Crippen molar-refractivity contribution in [2.75, 3.05) is 6.54 Å². The lowest BCUT2D eigenvalue weighted by atomic mass is 10.1. The van der Waals surface area contributed by atoms with Gasteiger partial charge in [0.15, 0.2) is 0 Å². The van der Waals surface area contributed by atoms with Crippen molar-refractivity contribution >= 4 is 17.3 Å². The molecule has 0 saturated heterocycles. The summed E-state index contributed by atoms with van der Waals surface area (Å²) in [4.78, 5) is 12.4. The van der Waals surface area contributed by atoms with Gasteiger partial charge in [-0.2, -0.15) is 0 Å². The number of ether oxygens (including phenoxy) is 1. The highest BCUT2D eigenvalue weighted by Crippen LogP contribution is 2.21. The standard InChI is InChI=1S/C11H17NO2S/c1-11(2,3)14-10(13)9-8(4-6-12)5-7-15-9/h5,7H,4,6,12H2,1-3H3. The van der Waals surface area contributed by atoms with Crippen molar-refractivity contribution in [3.63, 3.8) is 0 Å². The second-order valence-corrected chi connectivity index (χ2v) is 5.23.